The molecule has 17 heavy (non-hydrogen) atoms. The second-order valence-electron chi connectivity index (χ2n) is 3.96. The average molecular weight is 250 g/mol. The van der Waals surface area contributed by atoms with Crippen LogP contribution in [0.2, 0.25) is 0 Å². The Labute approximate surface area is 104 Å². The van der Waals surface area contributed by atoms with Crippen LogP contribution < -0.4 is 0 Å². The van der Waals surface area contributed by atoms with Crippen molar-refractivity contribution in [3.8, 4) is 5.75 Å². The van der Waals surface area contributed by atoms with Crippen molar-refractivity contribution in [1.29, 1.82) is 0 Å². The Balaban J connectivity index is 2.00. The van der Waals surface area contributed by atoms with Crippen molar-refractivity contribution in [3.05, 3.63) is 36.0 Å². The zero-order valence-electron chi connectivity index (χ0n) is 9.75. The van der Waals surface area contributed by atoms with E-state index in [1.165, 1.54) is 11.8 Å². The minimum atomic E-state index is 0.242. The summed E-state index contributed by atoms with van der Waals surface area (Å²) in [7, 11) is 0. The molecule has 0 fully saturated rings. The van der Waals surface area contributed by atoms with Gasteiger partial charge in [-0.2, -0.15) is 4.98 Å². The van der Waals surface area contributed by atoms with Gasteiger partial charge in [-0.15, -0.1) is 11.8 Å². The topological polar surface area (TPSA) is 59.2 Å². The maximum atomic E-state index is 9.60. The van der Waals surface area contributed by atoms with Crippen molar-refractivity contribution in [2.45, 2.75) is 30.4 Å². The van der Waals surface area contributed by atoms with Gasteiger partial charge in [-0.25, -0.2) is 0 Å². The molecule has 0 saturated carbocycles. The summed E-state index contributed by atoms with van der Waals surface area (Å²) < 4.78 is 5.11. The molecule has 2 rings (SSSR count). The van der Waals surface area contributed by atoms with E-state index in [9.17, 15) is 5.11 Å². The van der Waals surface area contributed by atoms with Gasteiger partial charge in [0.2, 0.25) is 5.89 Å². The quantitative estimate of drug-likeness (QED) is 0.844. The molecule has 4 nitrogen and oxygen atoms in total. The molecular formula is C12H14N2O2S. The van der Waals surface area contributed by atoms with Gasteiger partial charge in [0.05, 0.1) is 5.75 Å². The number of aromatic nitrogens is 2. The van der Waals surface area contributed by atoms with E-state index in [1.807, 2.05) is 26.0 Å². The molecule has 0 atom stereocenters. The zero-order valence-corrected chi connectivity index (χ0v) is 10.6. The molecule has 1 heterocycles. The lowest BCUT2D eigenvalue weighted by Gasteiger charge is -2.00. The predicted molar refractivity (Wildman–Crippen MR) is 66.1 cm³/mol. The summed E-state index contributed by atoms with van der Waals surface area (Å²) in [5.41, 5.74) is 0. The number of phenolic OH excluding ortho intramolecular Hbond substituents is 1. The number of benzene rings is 1. The van der Waals surface area contributed by atoms with E-state index in [4.69, 9.17) is 4.52 Å². The number of rotatable bonds is 4. The van der Waals surface area contributed by atoms with E-state index in [1.54, 1.807) is 12.1 Å². The number of thioether (sulfide) groups is 1. The Morgan fingerprint density at radius 1 is 1.35 bits per heavy atom. The highest BCUT2D eigenvalue weighted by Crippen LogP contribution is 2.29. The van der Waals surface area contributed by atoms with Gasteiger partial charge in [-0.05, 0) is 12.1 Å². The fourth-order valence-electron chi connectivity index (χ4n) is 1.28. The molecule has 0 aliphatic carbocycles. The molecule has 0 amide bonds. The van der Waals surface area contributed by atoms with E-state index in [2.05, 4.69) is 10.1 Å². The molecule has 0 bridgehead atoms. The van der Waals surface area contributed by atoms with Crippen LogP contribution in [0.1, 0.15) is 31.5 Å². The summed E-state index contributed by atoms with van der Waals surface area (Å²) in [5, 5.41) is 13.5. The van der Waals surface area contributed by atoms with Crippen LogP contribution >= 0.6 is 11.8 Å². The second kappa shape index (κ2) is 5.23. The van der Waals surface area contributed by atoms with E-state index in [0.717, 1.165) is 4.90 Å². The largest absolute Gasteiger partial charge is 0.507 e. The Bertz CT molecular complexity index is 497. The van der Waals surface area contributed by atoms with Gasteiger partial charge in [-0.1, -0.05) is 31.1 Å². The minimum absolute atomic E-state index is 0.242. The highest BCUT2D eigenvalue weighted by molar-refractivity contribution is 7.98. The smallest absolute Gasteiger partial charge is 0.229 e. The molecule has 5 heteroatoms. The molecule has 0 spiro atoms. The minimum Gasteiger partial charge on any atom is -0.507 e. The molecule has 90 valence electrons. The molecule has 0 saturated heterocycles. The van der Waals surface area contributed by atoms with Gasteiger partial charge in [0.1, 0.15) is 5.75 Å². The standard InChI is InChI=1S/C12H14N2O2S/c1-8(2)12-13-11(14-16-12)7-17-10-6-4-3-5-9(10)15/h3-6,8,15H,7H2,1-2H3. The number of hydrogen-bond acceptors (Lipinski definition) is 5. The fourth-order valence-corrected chi connectivity index (χ4v) is 2.07. The second-order valence-corrected chi connectivity index (χ2v) is 4.98. The van der Waals surface area contributed by atoms with Crippen molar-refractivity contribution in [2.75, 3.05) is 0 Å². The SMILES string of the molecule is CC(C)c1nc(CSc2ccccc2O)no1. The summed E-state index contributed by atoms with van der Waals surface area (Å²) in [6, 6.07) is 7.21. The van der Waals surface area contributed by atoms with E-state index < -0.39 is 0 Å². The lowest BCUT2D eigenvalue weighted by Crippen LogP contribution is -1.88. The zero-order chi connectivity index (χ0) is 12.3. The van der Waals surface area contributed by atoms with E-state index in [0.29, 0.717) is 17.5 Å². The third-order valence-electron chi connectivity index (χ3n) is 2.20. The maximum Gasteiger partial charge on any atom is 0.229 e. The summed E-state index contributed by atoms with van der Waals surface area (Å²) >= 11 is 1.49. The molecule has 0 aliphatic heterocycles. The van der Waals surface area contributed by atoms with Gasteiger partial charge >= 0.3 is 0 Å². The number of phenols is 1. The molecule has 2 aromatic rings. The summed E-state index contributed by atoms with van der Waals surface area (Å²) in [5.74, 6) is 2.42. The molecule has 0 aliphatic rings. The Morgan fingerprint density at radius 3 is 2.76 bits per heavy atom. The lowest BCUT2D eigenvalue weighted by molar-refractivity contribution is 0.362. The van der Waals surface area contributed by atoms with Crippen LogP contribution in [0.25, 0.3) is 0 Å². The van der Waals surface area contributed by atoms with Crippen LogP contribution in [0.4, 0.5) is 0 Å². The molecular weight excluding hydrogens is 236 g/mol. The van der Waals surface area contributed by atoms with Crippen molar-refractivity contribution >= 4 is 11.8 Å². The first-order chi connectivity index (χ1) is 8.16. The number of para-hydroxylation sites is 1. The Morgan fingerprint density at radius 2 is 2.12 bits per heavy atom. The van der Waals surface area contributed by atoms with Gasteiger partial charge in [0.15, 0.2) is 5.82 Å². The van der Waals surface area contributed by atoms with Crippen LogP contribution in [0.15, 0.2) is 33.7 Å². The first-order valence-electron chi connectivity index (χ1n) is 5.40. The Kier molecular flexibility index (Phi) is 3.68. The van der Waals surface area contributed by atoms with Crippen molar-refractivity contribution in [2.24, 2.45) is 0 Å². The summed E-state index contributed by atoms with van der Waals surface area (Å²) in [6.45, 7) is 4.01. The third kappa shape index (κ3) is 3.00. The summed E-state index contributed by atoms with van der Waals surface area (Å²) in [4.78, 5) is 5.10. The summed E-state index contributed by atoms with van der Waals surface area (Å²) in [6.07, 6.45) is 0. The maximum absolute atomic E-state index is 9.60. The van der Waals surface area contributed by atoms with Crippen molar-refractivity contribution < 1.29 is 9.63 Å². The van der Waals surface area contributed by atoms with Crippen molar-refractivity contribution in [3.63, 3.8) is 0 Å². The van der Waals surface area contributed by atoms with Crippen molar-refractivity contribution in [1.82, 2.24) is 10.1 Å². The van der Waals surface area contributed by atoms with Gasteiger partial charge in [0, 0.05) is 10.8 Å². The molecule has 0 radical (unpaired) electrons. The van der Waals surface area contributed by atoms with E-state index >= 15 is 0 Å². The van der Waals surface area contributed by atoms with Crippen LogP contribution in [-0.4, -0.2) is 15.2 Å². The average Bonchev–Trinajstić information content (AvgIpc) is 2.77. The first-order valence-corrected chi connectivity index (χ1v) is 6.38. The van der Waals surface area contributed by atoms with Gasteiger partial charge in [-0.3, -0.25) is 0 Å². The number of nitrogens with zero attached hydrogens (tertiary/aromatic N) is 2. The fraction of sp³-hybridized carbons (Fsp3) is 0.333. The monoisotopic (exact) mass is 250 g/mol. The van der Waals surface area contributed by atoms with Gasteiger partial charge < -0.3 is 9.63 Å². The van der Waals surface area contributed by atoms with E-state index in [-0.39, 0.29) is 11.7 Å². The molecule has 1 aromatic carbocycles. The van der Waals surface area contributed by atoms with Crippen LogP contribution in [0, 0.1) is 0 Å². The molecule has 1 N–H and O–H groups in total. The highest BCUT2D eigenvalue weighted by atomic mass is 32.2. The first kappa shape index (κ1) is 12.0. The van der Waals surface area contributed by atoms with Crippen LogP contribution in [0.3, 0.4) is 0 Å². The molecule has 1 aromatic heterocycles. The lowest BCUT2D eigenvalue weighted by atomic mass is 10.2. The van der Waals surface area contributed by atoms with Gasteiger partial charge in [0.25, 0.3) is 0 Å². The number of aromatic hydroxyl groups is 1. The molecule has 0 unspecified atom stereocenters. The van der Waals surface area contributed by atoms with Crippen LogP contribution in [0.5, 0.6) is 5.75 Å². The predicted octanol–water partition coefficient (Wildman–Crippen LogP) is 3.19. The number of hydrogen-bond donors (Lipinski definition) is 1. The van der Waals surface area contributed by atoms with Crippen LogP contribution in [-0.2, 0) is 5.75 Å². The third-order valence-corrected chi connectivity index (χ3v) is 3.26. The normalized spacial score (nSPS) is 11.0. The Hall–Kier alpha value is -1.49. The highest BCUT2D eigenvalue weighted by Gasteiger charge is 2.10.